The van der Waals surface area contributed by atoms with Gasteiger partial charge < -0.3 is 35.4 Å². The second-order valence-electron chi connectivity index (χ2n) is 9.61. The molecule has 0 aromatic carbocycles. The van der Waals surface area contributed by atoms with Crippen molar-refractivity contribution in [1.82, 2.24) is 0 Å². The first kappa shape index (κ1) is 22.6. The molecule has 8 atom stereocenters. The smallest absolute Gasteiger partial charge is 0.156 e. The minimum atomic E-state index is -1.32. The fourth-order valence-corrected chi connectivity index (χ4v) is 5.02. The van der Waals surface area contributed by atoms with Gasteiger partial charge in [-0.2, -0.15) is 0 Å². The van der Waals surface area contributed by atoms with Crippen molar-refractivity contribution in [2.45, 2.75) is 82.3 Å². The first-order chi connectivity index (χ1) is 13.4. The fraction of sp³-hybridized carbons (Fsp3) is 0.727. The molecule has 0 aromatic heterocycles. The minimum absolute atomic E-state index is 0.278. The molecule has 7 heteroatoms. The first-order valence-electron chi connectivity index (χ1n) is 10.2. The van der Waals surface area contributed by atoms with E-state index in [0.717, 1.165) is 0 Å². The van der Waals surface area contributed by atoms with Crippen LogP contribution in [0.5, 0.6) is 0 Å². The fourth-order valence-electron chi connectivity index (χ4n) is 5.02. The van der Waals surface area contributed by atoms with E-state index in [4.69, 9.17) is 4.74 Å². The van der Waals surface area contributed by atoms with Crippen molar-refractivity contribution in [3.8, 4) is 0 Å². The molecular weight excluding hydrogens is 376 g/mol. The summed E-state index contributed by atoms with van der Waals surface area (Å²) < 4.78 is 5.50. The van der Waals surface area contributed by atoms with Crippen molar-refractivity contribution in [3.63, 3.8) is 0 Å². The van der Waals surface area contributed by atoms with E-state index in [0.29, 0.717) is 18.4 Å². The van der Waals surface area contributed by atoms with Crippen LogP contribution in [-0.4, -0.2) is 79.0 Å². The molecule has 0 aromatic rings. The molecule has 3 aliphatic rings. The van der Waals surface area contributed by atoms with Crippen LogP contribution in [0, 0.1) is 11.3 Å². The number of ether oxygens (including phenoxy) is 1. The van der Waals surface area contributed by atoms with Crippen LogP contribution in [0.2, 0.25) is 0 Å². The van der Waals surface area contributed by atoms with Crippen LogP contribution in [0.3, 0.4) is 0 Å². The number of hydrogen-bond donors (Lipinski definition) is 6. The maximum atomic E-state index is 10.8. The third-order valence-corrected chi connectivity index (χ3v) is 7.09. The molecule has 0 radical (unpaired) electrons. The van der Waals surface area contributed by atoms with Crippen molar-refractivity contribution in [1.29, 1.82) is 0 Å². The third kappa shape index (κ3) is 3.74. The molecule has 0 bridgehead atoms. The highest BCUT2D eigenvalue weighted by atomic mass is 16.6. The molecule has 6 N–H and O–H groups in total. The van der Waals surface area contributed by atoms with Crippen LogP contribution in [0.15, 0.2) is 35.5 Å². The van der Waals surface area contributed by atoms with E-state index >= 15 is 0 Å². The standard InChI is InChI=1S/C22H34O7/c1-12(5-6-14-20(2,3)15(24)7-8-21(14,4)28)9-16(25)22-17(26)10-13(11-23)18(27)19(22)29-22/h5-6,9-10,14-19,23-28H,7-8,11H2,1-4H3/b6-5+,12-9+/t14-,15-,16+,17+,18-,19+,21-,22-/m1/s1. The highest BCUT2D eigenvalue weighted by Gasteiger charge is 2.69. The maximum Gasteiger partial charge on any atom is 0.156 e. The van der Waals surface area contributed by atoms with Gasteiger partial charge in [0.2, 0.25) is 0 Å². The van der Waals surface area contributed by atoms with Crippen molar-refractivity contribution in [3.05, 3.63) is 35.5 Å². The summed E-state index contributed by atoms with van der Waals surface area (Å²) in [6, 6.07) is 0. The number of allylic oxidation sites excluding steroid dienone is 2. The lowest BCUT2D eigenvalue weighted by atomic mass is 9.60. The van der Waals surface area contributed by atoms with Crippen LogP contribution in [0.4, 0.5) is 0 Å². The summed E-state index contributed by atoms with van der Waals surface area (Å²) in [5.41, 5.74) is -1.79. The van der Waals surface area contributed by atoms with Crippen LogP contribution in [-0.2, 0) is 4.74 Å². The van der Waals surface area contributed by atoms with E-state index in [9.17, 15) is 30.6 Å². The Balaban J connectivity index is 1.77. The van der Waals surface area contributed by atoms with E-state index in [1.165, 1.54) is 6.08 Å². The van der Waals surface area contributed by atoms with E-state index in [1.54, 1.807) is 26.0 Å². The van der Waals surface area contributed by atoms with Gasteiger partial charge >= 0.3 is 0 Å². The predicted octanol–water partition coefficient (Wildman–Crippen LogP) is 0.190. The second kappa shape index (κ2) is 7.57. The highest BCUT2D eigenvalue weighted by molar-refractivity contribution is 5.35. The molecule has 29 heavy (non-hydrogen) atoms. The molecular formula is C22H34O7. The zero-order chi connectivity index (χ0) is 21.8. The van der Waals surface area contributed by atoms with Gasteiger partial charge in [0.25, 0.3) is 0 Å². The predicted molar refractivity (Wildman–Crippen MR) is 107 cm³/mol. The Morgan fingerprint density at radius 1 is 1.28 bits per heavy atom. The zero-order valence-corrected chi connectivity index (χ0v) is 17.5. The Morgan fingerprint density at radius 3 is 2.55 bits per heavy atom. The van der Waals surface area contributed by atoms with Gasteiger partial charge in [0.05, 0.1) is 18.3 Å². The molecule has 0 amide bonds. The Hall–Kier alpha value is -1.06. The summed E-state index contributed by atoms with van der Waals surface area (Å²) in [6.45, 7) is 7.04. The molecule has 164 valence electrons. The summed E-state index contributed by atoms with van der Waals surface area (Å²) in [5.74, 6) is -0.278. The lowest BCUT2D eigenvalue weighted by Gasteiger charge is -2.49. The molecule has 1 saturated carbocycles. The monoisotopic (exact) mass is 410 g/mol. The van der Waals surface area contributed by atoms with Gasteiger partial charge in [0.15, 0.2) is 5.60 Å². The van der Waals surface area contributed by atoms with Gasteiger partial charge in [-0.15, -0.1) is 0 Å². The van der Waals surface area contributed by atoms with Gasteiger partial charge in [-0.05, 0) is 43.8 Å². The lowest BCUT2D eigenvalue weighted by molar-refractivity contribution is -0.124. The number of epoxide rings is 1. The van der Waals surface area contributed by atoms with Crippen molar-refractivity contribution in [2.75, 3.05) is 6.61 Å². The maximum absolute atomic E-state index is 10.8. The molecule has 2 fully saturated rings. The Labute approximate surface area is 171 Å². The zero-order valence-electron chi connectivity index (χ0n) is 17.5. The summed E-state index contributed by atoms with van der Waals surface area (Å²) in [6.07, 6.45) is 2.91. The van der Waals surface area contributed by atoms with Gasteiger partial charge in [0, 0.05) is 5.92 Å². The molecule has 7 nitrogen and oxygen atoms in total. The van der Waals surface area contributed by atoms with Crippen LogP contribution in [0.1, 0.15) is 40.5 Å². The quantitative estimate of drug-likeness (QED) is 0.216. The molecule has 0 spiro atoms. The summed E-state index contributed by atoms with van der Waals surface area (Å²) >= 11 is 0. The number of fused-ring (bicyclic) bond motifs is 1. The van der Waals surface area contributed by atoms with E-state index in [1.807, 2.05) is 19.9 Å². The van der Waals surface area contributed by atoms with Crippen molar-refractivity contribution in [2.24, 2.45) is 11.3 Å². The topological polar surface area (TPSA) is 134 Å². The van der Waals surface area contributed by atoms with Crippen molar-refractivity contribution < 1.29 is 35.4 Å². The SMILES string of the molecule is CC(/C=C/[C@@H]1C(C)(C)[C@H](O)CC[C@@]1(C)O)=C\[C@H](O)[C@]12O[C@H]1[C@H](O)C(CO)=C[C@@H]2O. The molecule has 2 aliphatic carbocycles. The molecule has 1 saturated heterocycles. The summed E-state index contributed by atoms with van der Waals surface area (Å²) in [7, 11) is 0. The van der Waals surface area contributed by atoms with Crippen molar-refractivity contribution >= 4 is 0 Å². The second-order valence-corrected chi connectivity index (χ2v) is 9.61. The first-order valence-corrected chi connectivity index (χ1v) is 10.2. The van der Waals surface area contributed by atoms with Gasteiger partial charge in [-0.25, -0.2) is 0 Å². The van der Waals surface area contributed by atoms with Crippen LogP contribution >= 0.6 is 0 Å². The number of rotatable bonds is 5. The molecule has 1 aliphatic heterocycles. The summed E-state index contributed by atoms with van der Waals surface area (Å²) in [4.78, 5) is 0. The highest BCUT2D eigenvalue weighted by Crippen LogP contribution is 2.50. The van der Waals surface area contributed by atoms with Crippen LogP contribution in [0.25, 0.3) is 0 Å². The van der Waals surface area contributed by atoms with Gasteiger partial charge in [-0.1, -0.05) is 37.6 Å². The lowest BCUT2D eigenvalue weighted by Crippen LogP contribution is -2.52. The number of hydrogen-bond acceptors (Lipinski definition) is 7. The Morgan fingerprint density at radius 2 is 1.93 bits per heavy atom. The average molecular weight is 411 g/mol. The van der Waals surface area contributed by atoms with Crippen LogP contribution < -0.4 is 0 Å². The normalized spacial score (nSPS) is 45.7. The number of aliphatic hydroxyl groups is 6. The molecule has 1 heterocycles. The van der Waals surface area contributed by atoms with Gasteiger partial charge in [0.1, 0.15) is 24.4 Å². The minimum Gasteiger partial charge on any atom is -0.393 e. The molecule has 0 unspecified atom stereocenters. The van der Waals surface area contributed by atoms with E-state index in [-0.39, 0.29) is 18.1 Å². The Kier molecular flexibility index (Phi) is 5.90. The summed E-state index contributed by atoms with van der Waals surface area (Å²) in [5, 5.41) is 61.7. The van der Waals surface area contributed by atoms with E-state index < -0.39 is 47.1 Å². The third-order valence-electron chi connectivity index (χ3n) is 7.09. The number of aliphatic hydroxyl groups excluding tert-OH is 5. The average Bonchev–Trinajstić information content (AvgIpc) is 3.39. The largest absolute Gasteiger partial charge is 0.393 e. The van der Waals surface area contributed by atoms with E-state index in [2.05, 4.69) is 0 Å². The van der Waals surface area contributed by atoms with Gasteiger partial charge in [-0.3, -0.25) is 0 Å². The Bertz CT molecular complexity index is 723. The molecule has 3 rings (SSSR count).